The second-order valence-corrected chi connectivity index (χ2v) is 5.86. The van der Waals surface area contributed by atoms with Crippen LogP contribution < -0.4 is 5.32 Å². The van der Waals surface area contributed by atoms with Crippen LogP contribution in [0.15, 0.2) is 16.7 Å². The van der Waals surface area contributed by atoms with Crippen LogP contribution in [0.3, 0.4) is 0 Å². The Hall–Kier alpha value is -0.610. The zero-order valence-electron chi connectivity index (χ0n) is 10.5. The van der Waals surface area contributed by atoms with Crippen LogP contribution in [0.2, 0.25) is 0 Å². The standard InChI is InChI=1S/C13H20BrN3/c1-10-7-12(14)9-16-13(10)15-8-11-3-5-17(2)6-4-11/h7,9,11H,3-6,8H2,1-2H3,(H,15,16). The van der Waals surface area contributed by atoms with E-state index in [1.165, 1.54) is 31.5 Å². The highest BCUT2D eigenvalue weighted by atomic mass is 79.9. The molecule has 0 radical (unpaired) electrons. The first-order chi connectivity index (χ1) is 8.15. The fourth-order valence-electron chi connectivity index (χ4n) is 2.23. The van der Waals surface area contributed by atoms with Crippen molar-refractivity contribution in [3.8, 4) is 0 Å². The normalized spacial score (nSPS) is 18.3. The molecule has 2 heterocycles. The highest BCUT2D eigenvalue weighted by molar-refractivity contribution is 9.10. The van der Waals surface area contributed by atoms with Crippen molar-refractivity contribution in [1.82, 2.24) is 9.88 Å². The summed E-state index contributed by atoms with van der Waals surface area (Å²) in [7, 11) is 2.20. The molecule has 0 atom stereocenters. The van der Waals surface area contributed by atoms with Crippen LogP contribution in [-0.4, -0.2) is 36.6 Å². The monoisotopic (exact) mass is 297 g/mol. The van der Waals surface area contributed by atoms with Crippen molar-refractivity contribution in [2.45, 2.75) is 19.8 Å². The number of anilines is 1. The number of rotatable bonds is 3. The van der Waals surface area contributed by atoms with Crippen molar-refractivity contribution in [3.05, 3.63) is 22.3 Å². The van der Waals surface area contributed by atoms with E-state index in [4.69, 9.17) is 0 Å². The van der Waals surface area contributed by atoms with Gasteiger partial charge in [-0.1, -0.05) is 0 Å². The van der Waals surface area contributed by atoms with Gasteiger partial charge in [-0.05, 0) is 73.4 Å². The highest BCUT2D eigenvalue weighted by Crippen LogP contribution is 2.19. The molecule has 0 amide bonds. The van der Waals surface area contributed by atoms with E-state index in [1.54, 1.807) is 0 Å². The molecule has 2 rings (SSSR count). The van der Waals surface area contributed by atoms with Crippen molar-refractivity contribution in [3.63, 3.8) is 0 Å². The topological polar surface area (TPSA) is 28.2 Å². The average Bonchev–Trinajstić information content (AvgIpc) is 2.30. The smallest absolute Gasteiger partial charge is 0.128 e. The first-order valence-electron chi connectivity index (χ1n) is 6.19. The predicted molar refractivity (Wildman–Crippen MR) is 75.4 cm³/mol. The molecule has 1 aliphatic rings. The van der Waals surface area contributed by atoms with E-state index in [0.29, 0.717) is 0 Å². The molecular formula is C13H20BrN3. The maximum Gasteiger partial charge on any atom is 0.128 e. The summed E-state index contributed by atoms with van der Waals surface area (Å²) >= 11 is 3.43. The molecule has 0 spiro atoms. The van der Waals surface area contributed by atoms with Crippen LogP contribution in [0.5, 0.6) is 0 Å². The second-order valence-electron chi connectivity index (χ2n) is 4.95. The van der Waals surface area contributed by atoms with Crippen LogP contribution in [0.25, 0.3) is 0 Å². The number of aryl methyl sites for hydroxylation is 1. The Balaban J connectivity index is 1.85. The summed E-state index contributed by atoms with van der Waals surface area (Å²) in [6.07, 6.45) is 4.43. The van der Waals surface area contributed by atoms with Gasteiger partial charge in [-0.3, -0.25) is 0 Å². The van der Waals surface area contributed by atoms with Gasteiger partial charge in [0.15, 0.2) is 0 Å². The Labute approximate surface area is 112 Å². The number of nitrogens with zero attached hydrogens (tertiary/aromatic N) is 2. The van der Waals surface area contributed by atoms with E-state index in [0.717, 1.165) is 22.8 Å². The van der Waals surface area contributed by atoms with Gasteiger partial charge in [0.2, 0.25) is 0 Å². The van der Waals surface area contributed by atoms with Gasteiger partial charge in [0.05, 0.1) is 0 Å². The van der Waals surface area contributed by atoms with Gasteiger partial charge in [0.25, 0.3) is 0 Å². The molecule has 1 aliphatic heterocycles. The first-order valence-corrected chi connectivity index (χ1v) is 6.99. The van der Waals surface area contributed by atoms with Crippen molar-refractivity contribution >= 4 is 21.7 Å². The second kappa shape index (κ2) is 5.83. The number of aromatic nitrogens is 1. The van der Waals surface area contributed by atoms with Gasteiger partial charge in [-0.2, -0.15) is 0 Å². The average molecular weight is 298 g/mol. The number of hydrogen-bond acceptors (Lipinski definition) is 3. The Bertz CT molecular complexity index is 373. The molecule has 0 unspecified atom stereocenters. The lowest BCUT2D eigenvalue weighted by molar-refractivity contribution is 0.226. The Morgan fingerprint density at radius 1 is 1.47 bits per heavy atom. The minimum atomic E-state index is 0.788. The van der Waals surface area contributed by atoms with E-state index >= 15 is 0 Å². The van der Waals surface area contributed by atoms with E-state index < -0.39 is 0 Å². The summed E-state index contributed by atoms with van der Waals surface area (Å²) in [6, 6.07) is 2.10. The molecule has 1 saturated heterocycles. The molecule has 3 nitrogen and oxygen atoms in total. The van der Waals surface area contributed by atoms with Crippen LogP contribution in [-0.2, 0) is 0 Å². The summed E-state index contributed by atoms with van der Waals surface area (Å²) in [5.41, 5.74) is 1.20. The van der Waals surface area contributed by atoms with Gasteiger partial charge in [0.1, 0.15) is 5.82 Å². The summed E-state index contributed by atoms with van der Waals surface area (Å²) in [5, 5.41) is 3.47. The quantitative estimate of drug-likeness (QED) is 0.930. The SMILES string of the molecule is Cc1cc(Br)cnc1NCC1CCN(C)CC1. The van der Waals surface area contributed by atoms with Gasteiger partial charge in [0, 0.05) is 17.2 Å². The van der Waals surface area contributed by atoms with E-state index in [-0.39, 0.29) is 0 Å². The van der Waals surface area contributed by atoms with Crippen molar-refractivity contribution < 1.29 is 0 Å². The number of likely N-dealkylation sites (tertiary alicyclic amines) is 1. The molecule has 0 saturated carbocycles. The third-order valence-electron chi connectivity index (χ3n) is 3.44. The number of halogens is 1. The maximum absolute atomic E-state index is 4.41. The third kappa shape index (κ3) is 3.68. The van der Waals surface area contributed by atoms with Gasteiger partial charge in [-0.25, -0.2) is 4.98 Å². The summed E-state index contributed by atoms with van der Waals surface area (Å²) in [6.45, 7) is 5.58. The van der Waals surface area contributed by atoms with Crippen LogP contribution in [0.4, 0.5) is 5.82 Å². The minimum absolute atomic E-state index is 0.788. The Morgan fingerprint density at radius 2 is 2.18 bits per heavy atom. The lowest BCUT2D eigenvalue weighted by Gasteiger charge is -2.29. The van der Waals surface area contributed by atoms with E-state index in [1.807, 2.05) is 6.20 Å². The number of nitrogens with one attached hydrogen (secondary N) is 1. The zero-order chi connectivity index (χ0) is 12.3. The third-order valence-corrected chi connectivity index (χ3v) is 3.87. The Kier molecular flexibility index (Phi) is 4.40. The van der Waals surface area contributed by atoms with Gasteiger partial charge < -0.3 is 10.2 Å². The zero-order valence-corrected chi connectivity index (χ0v) is 12.1. The summed E-state index contributed by atoms with van der Waals surface area (Å²) < 4.78 is 1.04. The van der Waals surface area contributed by atoms with Crippen molar-refractivity contribution in [1.29, 1.82) is 0 Å². The van der Waals surface area contributed by atoms with E-state index in [2.05, 4.69) is 51.2 Å². The number of hydrogen-bond donors (Lipinski definition) is 1. The van der Waals surface area contributed by atoms with Gasteiger partial charge in [-0.15, -0.1) is 0 Å². The summed E-state index contributed by atoms with van der Waals surface area (Å²) in [5.74, 6) is 1.81. The molecule has 0 bridgehead atoms. The molecular weight excluding hydrogens is 278 g/mol. The molecule has 1 N–H and O–H groups in total. The van der Waals surface area contributed by atoms with Crippen molar-refractivity contribution in [2.75, 3.05) is 32.0 Å². The number of piperidine rings is 1. The Morgan fingerprint density at radius 3 is 2.82 bits per heavy atom. The highest BCUT2D eigenvalue weighted by Gasteiger charge is 2.16. The maximum atomic E-state index is 4.41. The lowest BCUT2D eigenvalue weighted by Crippen LogP contribution is -2.33. The van der Waals surface area contributed by atoms with Crippen molar-refractivity contribution in [2.24, 2.45) is 5.92 Å². The predicted octanol–water partition coefficient (Wildman–Crippen LogP) is 2.91. The fraction of sp³-hybridized carbons (Fsp3) is 0.615. The van der Waals surface area contributed by atoms with Crippen LogP contribution in [0, 0.1) is 12.8 Å². The fourth-order valence-corrected chi connectivity index (χ4v) is 2.68. The molecule has 94 valence electrons. The molecule has 1 fully saturated rings. The summed E-state index contributed by atoms with van der Waals surface area (Å²) in [4.78, 5) is 6.81. The largest absolute Gasteiger partial charge is 0.370 e. The molecule has 1 aromatic heterocycles. The first kappa shape index (κ1) is 12.8. The number of pyridine rings is 1. The van der Waals surface area contributed by atoms with Gasteiger partial charge >= 0.3 is 0 Å². The molecule has 0 aromatic carbocycles. The molecule has 4 heteroatoms. The lowest BCUT2D eigenvalue weighted by atomic mass is 9.97. The van der Waals surface area contributed by atoms with E-state index in [9.17, 15) is 0 Å². The molecule has 17 heavy (non-hydrogen) atoms. The van der Waals surface area contributed by atoms with Crippen LogP contribution in [0.1, 0.15) is 18.4 Å². The molecule has 0 aliphatic carbocycles. The van der Waals surface area contributed by atoms with Crippen LogP contribution >= 0.6 is 15.9 Å². The minimum Gasteiger partial charge on any atom is -0.370 e. The molecule has 1 aromatic rings.